The van der Waals surface area contributed by atoms with Gasteiger partial charge in [0.05, 0.1) is 16.3 Å². The van der Waals surface area contributed by atoms with E-state index >= 15 is 0 Å². The van der Waals surface area contributed by atoms with Crippen LogP contribution in [0, 0.1) is 0 Å². The molecule has 0 radical (unpaired) electrons. The van der Waals surface area contributed by atoms with Gasteiger partial charge in [0.15, 0.2) is 0 Å². The van der Waals surface area contributed by atoms with E-state index in [1.807, 2.05) is 6.08 Å². The van der Waals surface area contributed by atoms with Crippen LogP contribution in [-0.2, 0) is 5.41 Å². The van der Waals surface area contributed by atoms with Crippen LogP contribution >= 0.6 is 11.5 Å². The molecule has 0 bridgehead atoms. The smallest absolute Gasteiger partial charge is 0.0997 e. The number of nitrogens with two attached hydrogens (primary N) is 1. The zero-order valence-electron chi connectivity index (χ0n) is 10.0. The van der Waals surface area contributed by atoms with Crippen molar-refractivity contribution in [2.75, 3.05) is 5.73 Å². The molecular weight excluding hydrogens is 204 g/mol. The van der Waals surface area contributed by atoms with E-state index in [-0.39, 0.29) is 5.41 Å². The normalized spacial score (nSPS) is 12.5. The Labute approximate surface area is 96.4 Å². The molecule has 0 amide bonds. The third-order valence-corrected chi connectivity index (χ3v) is 3.47. The first kappa shape index (κ1) is 12.2. The van der Waals surface area contributed by atoms with Crippen LogP contribution in [-0.4, -0.2) is 4.37 Å². The van der Waals surface area contributed by atoms with Crippen LogP contribution in [0.1, 0.15) is 51.1 Å². The molecule has 84 valence electrons. The van der Waals surface area contributed by atoms with Gasteiger partial charge >= 0.3 is 0 Å². The van der Waals surface area contributed by atoms with E-state index in [4.69, 9.17) is 5.73 Å². The van der Waals surface area contributed by atoms with Gasteiger partial charge < -0.3 is 5.73 Å². The summed E-state index contributed by atoms with van der Waals surface area (Å²) in [7, 11) is 0. The highest BCUT2D eigenvalue weighted by Crippen LogP contribution is 2.34. The van der Waals surface area contributed by atoms with Crippen molar-refractivity contribution in [1.29, 1.82) is 0 Å². The highest BCUT2D eigenvalue weighted by molar-refractivity contribution is 7.06. The molecule has 2 nitrogen and oxygen atoms in total. The number of unbranched alkanes of at least 4 members (excludes halogenated alkanes) is 1. The number of hydrogen-bond donors (Lipinski definition) is 1. The molecule has 0 spiro atoms. The molecule has 2 N–H and O–H groups in total. The first-order chi connectivity index (χ1) is 6.96. The highest BCUT2D eigenvalue weighted by atomic mass is 32.1. The van der Waals surface area contributed by atoms with Gasteiger partial charge in [-0.05, 0) is 29.4 Å². The van der Waals surface area contributed by atoms with Gasteiger partial charge in [0.1, 0.15) is 0 Å². The largest absolute Gasteiger partial charge is 0.396 e. The van der Waals surface area contributed by atoms with Gasteiger partial charge in [-0.1, -0.05) is 40.2 Å². The lowest BCUT2D eigenvalue weighted by Crippen LogP contribution is -2.11. The average molecular weight is 224 g/mol. The van der Waals surface area contributed by atoms with E-state index < -0.39 is 0 Å². The van der Waals surface area contributed by atoms with Crippen LogP contribution in [0.15, 0.2) is 6.08 Å². The second-order valence-corrected chi connectivity index (χ2v) is 5.53. The van der Waals surface area contributed by atoms with Crippen LogP contribution < -0.4 is 5.73 Å². The second kappa shape index (κ2) is 4.79. The molecule has 0 saturated carbocycles. The first-order valence-electron chi connectivity index (χ1n) is 5.39. The molecule has 0 saturated heterocycles. The predicted octanol–water partition coefficient (Wildman–Crippen LogP) is 3.84. The third-order valence-electron chi connectivity index (χ3n) is 2.17. The van der Waals surface area contributed by atoms with Gasteiger partial charge in [-0.3, -0.25) is 0 Å². The quantitative estimate of drug-likeness (QED) is 0.847. The standard InChI is InChI=1S/C12H20N2S/c1-5-6-7-8-9-10(13)11(15-14-9)12(2,3)4/h7-8H,5-6,13H2,1-4H3/b8-7-. The Morgan fingerprint density at radius 2 is 2.07 bits per heavy atom. The molecule has 0 fully saturated rings. The van der Waals surface area contributed by atoms with Gasteiger partial charge in [0, 0.05) is 0 Å². The number of hydrogen-bond acceptors (Lipinski definition) is 3. The lowest BCUT2D eigenvalue weighted by Gasteiger charge is -2.16. The Hall–Kier alpha value is -0.830. The Balaban J connectivity index is 2.90. The van der Waals surface area contributed by atoms with Crippen LogP contribution in [0.5, 0.6) is 0 Å². The van der Waals surface area contributed by atoms with Gasteiger partial charge in [0.2, 0.25) is 0 Å². The van der Waals surface area contributed by atoms with E-state index in [1.54, 1.807) is 0 Å². The van der Waals surface area contributed by atoms with E-state index in [9.17, 15) is 0 Å². The maximum atomic E-state index is 6.07. The maximum Gasteiger partial charge on any atom is 0.0997 e. The summed E-state index contributed by atoms with van der Waals surface area (Å²) in [6.07, 6.45) is 6.41. The minimum absolute atomic E-state index is 0.0958. The van der Waals surface area contributed by atoms with Crippen molar-refractivity contribution in [2.45, 2.75) is 46.0 Å². The summed E-state index contributed by atoms with van der Waals surface area (Å²) in [5, 5.41) is 0. The van der Waals surface area contributed by atoms with Crippen molar-refractivity contribution in [3.8, 4) is 0 Å². The monoisotopic (exact) mass is 224 g/mol. The van der Waals surface area contributed by atoms with Crippen molar-refractivity contribution in [3.05, 3.63) is 16.6 Å². The molecule has 3 heteroatoms. The molecule has 0 aromatic carbocycles. The molecule has 0 atom stereocenters. The summed E-state index contributed by atoms with van der Waals surface area (Å²) in [6, 6.07) is 0. The van der Waals surface area contributed by atoms with Gasteiger partial charge in [-0.25, -0.2) is 0 Å². The number of nitrogen functional groups attached to an aromatic ring is 1. The number of allylic oxidation sites excluding steroid dienone is 1. The first-order valence-corrected chi connectivity index (χ1v) is 6.16. The van der Waals surface area contributed by atoms with Crippen LogP contribution in [0.4, 0.5) is 5.69 Å². The molecule has 0 aliphatic carbocycles. The zero-order valence-corrected chi connectivity index (χ0v) is 10.8. The fourth-order valence-electron chi connectivity index (χ4n) is 1.33. The summed E-state index contributed by atoms with van der Waals surface area (Å²) in [5.41, 5.74) is 7.94. The fraction of sp³-hybridized carbons (Fsp3) is 0.583. The molecule has 0 aliphatic rings. The molecule has 1 rings (SSSR count). The number of nitrogens with zero attached hydrogens (tertiary/aromatic N) is 1. The number of aromatic nitrogens is 1. The minimum Gasteiger partial charge on any atom is -0.396 e. The molecule has 1 aromatic rings. The van der Waals surface area contributed by atoms with Gasteiger partial charge in [-0.15, -0.1) is 0 Å². The Morgan fingerprint density at radius 3 is 2.53 bits per heavy atom. The van der Waals surface area contributed by atoms with Crippen molar-refractivity contribution >= 4 is 23.3 Å². The minimum atomic E-state index is 0.0958. The summed E-state index contributed by atoms with van der Waals surface area (Å²) in [6.45, 7) is 8.65. The summed E-state index contributed by atoms with van der Waals surface area (Å²) >= 11 is 1.51. The molecule has 0 aliphatic heterocycles. The van der Waals surface area contributed by atoms with E-state index in [0.29, 0.717) is 0 Å². The van der Waals surface area contributed by atoms with Crippen molar-refractivity contribution < 1.29 is 0 Å². The van der Waals surface area contributed by atoms with Crippen molar-refractivity contribution in [2.24, 2.45) is 0 Å². The third kappa shape index (κ3) is 3.06. The maximum absolute atomic E-state index is 6.07. The fourth-order valence-corrected chi connectivity index (χ4v) is 2.16. The lowest BCUT2D eigenvalue weighted by molar-refractivity contribution is 0.606. The Morgan fingerprint density at radius 1 is 1.40 bits per heavy atom. The average Bonchev–Trinajstić information content (AvgIpc) is 2.47. The molecule has 1 aromatic heterocycles. The highest BCUT2D eigenvalue weighted by Gasteiger charge is 2.21. The number of anilines is 1. The molecule has 15 heavy (non-hydrogen) atoms. The van der Waals surface area contributed by atoms with Crippen LogP contribution in [0.3, 0.4) is 0 Å². The van der Waals surface area contributed by atoms with Crippen LogP contribution in [0.2, 0.25) is 0 Å². The topological polar surface area (TPSA) is 38.9 Å². The molecular formula is C12H20N2S. The van der Waals surface area contributed by atoms with E-state index in [0.717, 1.165) is 24.2 Å². The molecule has 1 heterocycles. The molecule has 0 unspecified atom stereocenters. The lowest BCUT2D eigenvalue weighted by atomic mass is 9.93. The van der Waals surface area contributed by atoms with Crippen molar-refractivity contribution in [1.82, 2.24) is 4.37 Å². The van der Waals surface area contributed by atoms with Gasteiger partial charge in [-0.2, -0.15) is 4.37 Å². The van der Waals surface area contributed by atoms with Crippen LogP contribution in [0.25, 0.3) is 6.08 Å². The Bertz CT molecular complexity index is 345. The van der Waals surface area contributed by atoms with E-state index in [2.05, 4.69) is 38.1 Å². The summed E-state index contributed by atoms with van der Waals surface area (Å²) in [4.78, 5) is 1.18. The number of rotatable bonds is 3. The van der Waals surface area contributed by atoms with Gasteiger partial charge in [0.25, 0.3) is 0 Å². The van der Waals surface area contributed by atoms with Crippen molar-refractivity contribution in [3.63, 3.8) is 0 Å². The zero-order chi connectivity index (χ0) is 11.5. The van der Waals surface area contributed by atoms with E-state index in [1.165, 1.54) is 16.4 Å². The second-order valence-electron chi connectivity index (χ2n) is 4.75. The summed E-state index contributed by atoms with van der Waals surface area (Å²) < 4.78 is 4.38. The Kier molecular flexibility index (Phi) is 3.91. The summed E-state index contributed by atoms with van der Waals surface area (Å²) in [5.74, 6) is 0. The SMILES string of the molecule is CCC/C=C\c1nsc(C(C)(C)C)c1N. The predicted molar refractivity (Wildman–Crippen MR) is 69.2 cm³/mol.